The van der Waals surface area contributed by atoms with Crippen molar-refractivity contribution in [1.29, 1.82) is 0 Å². The molecule has 3 heteroatoms. The van der Waals surface area contributed by atoms with E-state index in [-0.39, 0.29) is 0 Å². The van der Waals surface area contributed by atoms with Crippen molar-refractivity contribution in [2.24, 2.45) is 0 Å². The zero-order chi connectivity index (χ0) is 42.5. The molecule has 304 valence electrons. The van der Waals surface area contributed by atoms with E-state index < -0.39 is 0 Å². The minimum atomic E-state index is 0.402. The molecule has 4 aliphatic rings. The first-order valence-electron chi connectivity index (χ1n) is 21.6. The Labute approximate surface area is 378 Å². The normalized spacial score (nSPS) is 13.7. The predicted octanol–water partition coefficient (Wildman–Crippen LogP) is 15.3. The Kier molecular flexibility index (Phi) is 11.4. The summed E-state index contributed by atoms with van der Waals surface area (Å²) in [5, 5.41) is 9.76. The Balaban J connectivity index is 0.000000124. The highest BCUT2D eigenvalue weighted by Crippen LogP contribution is 2.43. The van der Waals surface area contributed by atoms with Crippen molar-refractivity contribution < 1.29 is 9.84 Å². The summed E-state index contributed by atoms with van der Waals surface area (Å²) in [4.78, 5) is 0. The van der Waals surface area contributed by atoms with Crippen LogP contribution in [0.25, 0.3) is 22.3 Å². The zero-order valence-electron chi connectivity index (χ0n) is 34.8. The molecule has 0 saturated heterocycles. The van der Waals surface area contributed by atoms with E-state index in [0.717, 1.165) is 48.3 Å². The molecule has 0 radical (unpaired) electrons. The van der Waals surface area contributed by atoms with Gasteiger partial charge in [-0.05, 0) is 122 Å². The van der Waals surface area contributed by atoms with Gasteiger partial charge < -0.3 is 9.84 Å². The molecule has 0 atom stereocenters. The van der Waals surface area contributed by atoms with E-state index in [4.69, 9.17) is 4.74 Å². The molecule has 0 bridgehead atoms. The first-order chi connectivity index (χ1) is 31.1. The third-order valence-corrected chi connectivity index (χ3v) is 13.0. The van der Waals surface area contributed by atoms with Crippen molar-refractivity contribution in [1.82, 2.24) is 0 Å². The van der Waals surface area contributed by atoms with Gasteiger partial charge in [-0.1, -0.05) is 210 Å². The Bertz CT molecular complexity index is 2860. The summed E-state index contributed by atoms with van der Waals surface area (Å²) < 4.78 is 7.78. The van der Waals surface area contributed by atoms with Crippen LogP contribution >= 0.6 is 15.9 Å². The first-order valence-corrected chi connectivity index (χ1v) is 22.4. The van der Waals surface area contributed by atoms with E-state index >= 15 is 0 Å². The highest BCUT2D eigenvalue weighted by atomic mass is 79.9. The molecule has 0 aromatic heterocycles. The lowest BCUT2D eigenvalue weighted by Gasteiger charge is -2.15. The molecule has 0 aliphatic heterocycles. The minimum Gasteiger partial charge on any atom is -0.508 e. The lowest BCUT2D eigenvalue weighted by molar-refractivity contribution is 0.470. The second kappa shape index (κ2) is 18.0. The van der Waals surface area contributed by atoms with Gasteiger partial charge >= 0.3 is 0 Å². The van der Waals surface area contributed by atoms with Gasteiger partial charge in [0.2, 0.25) is 0 Å². The SMILES string of the molecule is Brc1cccc2c1CC=C2c1ccccc1.C1=C(c2ccccc2)c2cccc(Oc3cccc4c3CC=C4c3ccccc3)c2C1.Oc1cccc2c1CC=C2c1ccccc1. The fourth-order valence-electron chi connectivity index (χ4n) is 9.25. The van der Waals surface area contributed by atoms with Crippen molar-refractivity contribution in [3.63, 3.8) is 0 Å². The van der Waals surface area contributed by atoms with Gasteiger partial charge in [0.05, 0.1) is 0 Å². The molecule has 0 unspecified atom stereocenters. The molecule has 2 nitrogen and oxygen atoms in total. The second-order valence-electron chi connectivity index (χ2n) is 16.0. The summed E-state index contributed by atoms with van der Waals surface area (Å²) in [6.07, 6.45) is 12.8. The molecule has 0 heterocycles. The summed E-state index contributed by atoms with van der Waals surface area (Å²) in [6, 6.07) is 67.0. The van der Waals surface area contributed by atoms with Crippen LogP contribution in [0.1, 0.15) is 66.8 Å². The maximum Gasteiger partial charge on any atom is 0.131 e. The molecule has 0 saturated carbocycles. The molecule has 8 aromatic rings. The average molecular weight is 878 g/mol. The van der Waals surface area contributed by atoms with Gasteiger partial charge in [-0.2, -0.15) is 0 Å². The Hall–Kier alpha value is -7.20. The minimum absolute atomic E-state index is 0.402. The van der Waals surface area contributed by atoms with Crippen LogP contribution in [-0.2, 0) is 25.7 Å². The molecule has 0 spiro atoms. The van der Waals surface area contributed by atoms with Crippen molar-refractivity contribution in [2.75, 3.05) is 0 Å². The topological polar surface area (TPSA) is 29.5 Å². The lowest BCUT2D eigenvalue weighted by atomic mass is 9.98. The van der Waals surface area contributed by atoms with Crippen molar-refractivity contribution in [3.8, 4) is 17.2 Å². The summed E-state index contributed by atoms with van der Waals surface area (Å²) in [6.45, 7) is 0. The van der Waals surface area contributed by atoms with Crippen molar-refractivity contribution in [2.45, 2.75) is 25.7 Å². The number of ether oxygens (including phenoxy) is 1. The first kappa shape index (κ1) is 39.9. The number of aromatic hydroxyl groups is 1. The van der Waals surface area contributed by atoms with Crippen LogP contribution < -0.4 is 4.74 Å². The Morgan fingerprint density at radius 3 is 1.05 bits per heavy atom. The molecule has 12 rings (SSSR count). The molecule has 4 aliphatic carbocycles. The summed E-state index contributed by atoms with van der Waals surface area (Å²) in [7, 11) is 0. The van der Waals surface area contributed by atoms with Gasteiger partial charge in [0.15, 0.2) is 0 Å². The summed E-state index contributed by atoms with van der Waals surface area (Å²) in [5.74, 6) is 2.32. The average Bonchev–Trinajstić information content (AvgIpc) is 4.17. The van der Waals surface area contributed by atoms with E-state index in [1.165, 1.54) is 82.4 Å². The third kappa shape index (κ3) is 8.16. The molecular formula is C60H45BrO2. The van der Waals surface area contributed by atoms with E-state index in [1.54, 1.807) is 6.07 Å². The second-order valence-corrected chi connectivity index (χ2v) is 16.8. The fraction of sp³-hybridized carbons (Fsp3) is 0.0667. The summed E-state index contributed by atoms with van der Waals surface area (Å²) >= 11 is 3.61. The van der Waals surface area contributed by atoms with E-state index in [9.17, 15) is 5.11 Å². The van der Waals surface area contributed by atoms with Crippen LogP contribution in [0.15, 0.2) is 223 Å². The Morgan fingerprint density at radius 2 is 0.635 bits per heavy atom. The van der Waals surface area contributed by atoms with Crippen LogP contribution in [0.3, 0.4) is 0 Å². The summed E-state index contributed by atoms with van der Waals surface area (Å²) in [5.41, 5.74) is 20.3. The van der Waals surface area contributed by atoms with Crippen molar-refractivity contribution >= 4 is 38.2 Å². The van der Waals surface area contributed by atoms with E-state index in [0.29, 0.717) is 5.75 Å². The largest absolute Gasteiger partial charge is 0.508 e. The third-order valence-electron chi connectivity index (χ3n) is 12.3. The highest BCUT2D eigenvalue weighted by Gasteiger charge is 2.23. The number of hydrogen-bond donors (Lipinski definition) is 1. The van der Waals surface area contributed by atoms with E-state index in [2.05, 4.69) is 204 Å². The lowest BCUT2D eigenvalue weighted by Crippen LogP contribution is -1.96. The van der Waals surface area contributed by atoms with Crippen LogP contribution in [0.2, 0.25) is 0 Å². The fourth-order valence-corrected chi connectivity index (χ4v) is 9.78. The van der Waals surface area contributed by atoms with Gasteiger partial charge in [0, 0.05) is 21.2 Å². The van der Waals surface area contributed by atoms with Gasteiger partial charge in [-0.3, -0.25) is 0 Å². The molecule has 0 fully saturated rings. The highest BCUT2D eigenvalue weighted by molar-refractivity contribution is 9.10. The van der Waals surface area contributed by atoms with Gasteiger partial charge in [-0.25, -0.2) is 0 Å². The van der Waals surface area contributed by atoms with Crippen molar-refractivity contribution in [3.05, 3.63) is 290 Å². The van der Waals surface area contributed by atoms with E-state index in [1.807, 2.05) is 24.3 Å². The predicted molar refractivity (Wildman–Crippen MR) is 264 cm³/mol. The number of phenolic OH excluding ortho intramolecular Hbond substituents is 1. The van der Waals surface area contributed by atoms with Crippen LogP contribution in [-0.4, -0.2) is 5.11 Å². The van der Waals surface area contributed by atoms with Crippen LogP contribution in [0.4, 0.5) is 0 Å². The maximum absolute atomic E-state index is 9.76. The quantitative estimate of drug-likeness (QED) is 0.180. The molecule has 0 amide bonds. The van der Waals surface area contributed by atoms with Crippen LogP contribution in [0.5, 0.6) is 17.2 Å². The number of allylic oxidation sites excluding steroid dienone is 4. The smallest absolute Gasteiger partial charge is 0.131 e. The number of halogens is 1. The monoisotopic (exact) mass is 876 g/mol. The maximum atomic E-state index is 9.76. The van der Waals surface area contributed by atoms with Gasteiger partial charge in [-0.15, -0.1) is 0 Å². The molecule has 1 N–H and O–H groups in total. The standard InChI is InChI=1S/C30H22O.C15H11Br.C15H12O/c1-3-9-21(10-4-1)23-17-19-27-25(23)13-7-15-29(27)31-30-16-8-14-26-24(18-20-28(26)30)22-11-5-2-6-12-22;2*16-15-8-4-7-13-12(9-10-14(13)15)11-5-2-1-3-6-11/h1-18H,19-20H2;1-9H,10H2;1-9,16H,10H2. The number of rotatable bonds is 6. The number of hydrogen-bond acceptors (Lipinski definition) is 2. The molecular weight excluding hydrogens is 833 g/mol. The number of phenols is 1. The molecule has 8 aromatic carbocycles. The Morgan fingerprint density at radius 1 is 0.317 bits per heavy atom. The molecule has 63 heavy (non-hydrogen) atoms. The van der Waals surface area contributed by atoms with Crippen LogP contribution in [0, 0.1) is 0 Å². The number of benzene rings is 8. The van der Waals surface area contributed by atoms with Gasteiger partial charge in [0.1, 0.15) is 17.2 Å². The zero-order valence-corrected chi connectivity index (χ0v) is 36.4. The van der Waals surface area contributed by atoms with Gasteiger partial charge in [0.25, 0.3) is 0 Å². The number of fused-ring (bicyclic) bond motifs is 4.